The van der Waals surface area contributed by atoms with Crippen LogP contribution < -0.4 is 0 Å². The molecular formula is C20H44O2. The van der Waals surface area contributed by atoms with Crippen LogP contribution in [0, 0.1) is 0 Å². The van der Waals surface area contributed by atoms with Crippen LogP contribution in [-0.2, 0) is 0 Å². The molecule has 0 saturated heterocycles. The van der Waals surface area contributed by atoms with Crippen LogP contribution in [0.5, 0.6) is 0 Å². The van der Waals surface area contributed by atoms with Gasteiger partial charge in [0, 0.05) is 0 Å². The van der Waals surface area contributed by atoms with Gasteiger partial charge in [0.1, 0.15) is 0 Å². The van der Waals surface area contributed by atoms with Gasteiger partial charge in [-0.25, -0.2) is 0 Å². The Bertz CT molecular complexity index is 183. The van der Waals surface area contributed by atoms with Crippen LogP contribution in [-0.4, -0.2) is 16.7 Å². The molecule has 0 bridgehead atoms. The van der Waals surface area contributed by atoms with E-state index >= 15 is 0 Å². The Morgan fingerprint density at radius 3 is 1.09 bits per heavy atom. The molecule has 0 aromatic carbocycles. The normalized spacial score (nSPS) is 12.1. The third kappa shape index (κ3) is 19.9. The van der Waals surface area contributed by atoms with Crippen LogP contribution in [0.25, 0.3) is 0 Å². The van der Waals surface area contributed by atoms with Gasteiger partial charge in [-0.2, -0.15) is 0 Å². The summed E-state index contributed by atoms with van der Waals surface area (Å²) < 4.78 is 0. The van der Waals surface area contributed by atoms with Gasteiger partial charge in [-0.15, -0.1) is 0 Å². The van der Waals surface area contributed by atoms with Crippen LogP contribution in [0.2, 0.25) is 0 Å². The van der Waals surface area contributed by atoms with Gasteiger partial charge in [0.05, 0.1) is 6.10 Å². The van der Waals surface area contributed by atoms with Crippen LogP contribution in [0.1, 0.15) is 123 Å². The maximum Gasteiger partial charge on any atom is 0.0540 e. The Hall–Kier alpha value is -0.0800. The summed E-state index contributed by atoms with van der Waals surface area (Å²) in [7, 11) is 0. The lowest BCUT2D eigenvalue weighted by Gasteiger charge is -2.10. The molecule has 0 aromatic heterocycles. The first-order chi connectivity index (χ1) is 10.3. The predicted molar refractivity (Wildman–Crippen MR) is 99.5 cm³/mol. The van der Waals surface area contributed by atoms with Gasteiger partial charge in [0.15, 0.2) is 0 Å². The number of aliphatic hydroxyl groups is 1. The molecule has 1 atom stereocenters. The van der Waals surface area contributed by atoms with E-state index in [-0.39, 0.29) is 11.6 Å². The lowest BCUT2D eigenvalue weighted by Crippen LogP contribution is -2.05. The average Bonchev–Trinajstić information content (AvgIpc) is 2.49. The molecule has 0 rings (SSSR count). The highest BCUT2D eigenvalue weighted by atomic mass is 16.3. The Morgan fingerprint density at radius 2 is 0.773 bits per heavy atom. The summed E-state index contributed by atoms with van der Waals surface area (Å²) >= 11 is 0. The minimum atomic E-state index is -0.0271. The van der Waals surface area contributed by atoms with Crippen molar-refractivity contribution in [2.45, 2.75) is 129 Å². The van der Waals surface area contributed by atoms with Crippen molar-refractivity contribution in [3.8, 4) is 0 Å². The quantitative estimate of drug-likeness (QED) is 0.319. The molecule has 0 aliphatic rings. The number of hydrogen-bond donors (Lipinski definition) is 1. The Labute approximate surface area is 140 Å². The molecule has 0 aliphatic heterocycles. The van der Waals surface area contributed by atoms with Crippen molar-refractivity contribution in [3.63, 3.8) is 0 Å². The van der Waals surface area contributed by atoms with Crippen LogP contribution in [0.15, 0.2) is 0 Å². The molecule has 0 saturated carbocycles. The van der Waals surface area contributed by atoms with E-state index in [1.165, 1.54) is 96.3 Å². The second-order valence-electron chi connectivity index (χ2n) is 6.83. The summed E-state index contributed by atoms with van der Waals surface area (Å²) in [6, 6.07) is 0. The highest BCUT2D eigenvalue weighted by molar-refractivity contribution is 4.57. The van der Waals surface area contributed by atoms with Crippen molar-refractivity contribution >= 4 is 0 Å². The van der Waals surface area contributed by atoms with Crippen molar-refractivity contribution < 1.29 is 10.6 Å². The minimum Gasteiger partial charge on any atom is -0.412 e. The number of rotatable bonds is 17. The molecule has 0 heterocycles. The number of hydrogen-bond acceptors (Lipinski definition) is 1. The largest absolute Gasteiger partial charge is 0.412 e. The van der Waals surface area contributed by atoms with E-state index in [1.54, 1.807) is 0 Å². The third-order valence-corrected chi connectivity index (χ3v) is 4.53. The van der Waals surface area contributed by atoms with Crippen LogP contribution >= 0.6 is 0 Å². The molecule has 22 heavy (non-hydrogen) atoms. The van der Waals surface area contributed by atoms with Gasteiger partial charge < -0.3 is 10.6 Å². The second kappa shape index (κ2) is 20.9. The Morgan fingerprint density at radius 1 is 0.500 bits per heavy atom. The molecule has 3 N–H and O–H groups in total. The monoisotopic (exact) mass is 316 g/mol. The summed E-state index contributed by atoms with van der Waals surface area (Å²) in [6.07, 6.45) is 22.3. The summed E-state index contributed by atoms with van der Waals surface area (Å²) in [5.41, 5.74) is 0. The molecule has 0 fully saturated rings. The molecule has 0 amide bonds. The highest BCUT2D eigenvalue weighted by Gasteiger charge is 2.03. The second-order valence-corrected chi connectivity index (χ2v) is 6.83. The molecule has 2 heteroatoms. The van der Waals surface area contributed by atoms with Gasteiger partial charge in [-0.05, 0) is 12.8 Å². The SMILES string of the molecule is CCCCCCCCCCCC(O)CCCCCCCC.O. The van der Waals surface area contributed by atoms with Gasteiger partial charge in [-0.3, -0.25) is 0 Å². The smallest absolute Gasteiger partial charge is 0.0540 e. The van der Waals surface area contributed by atoms with Gasteiger partial charge in [0.25, 0.3) is 0 Å². The van der Waals surface area contributed by atoms with Crippen LogP contribution in [0.3, 0.4) is 0 Å². The lowest BCUT2D eigenvalue weighted by molar-refractivity contribution is 0.147. The molecule has 0 spiro atoms. The number of unbranched alkanes of at least 4 members (excludes halogenated alkanes) is 13. The van der Waals surface area contributed by atoms with Crippen LogP contribution in [0.4, 0.5) is 0 Å². The van der Waals surface area contributed by atoms with Crippen molar-refractivity contribution in [2.75, 3.05) is 0 Å². The van der Waals surface area contributed by atoms with E-state index < -0.39 is 0 Å². The van der Waals surface area contributed by atoms with Crippen molar-refractivity contribution in [2.24, 2.45) is 0 Å². The first-order valence-corrected chi connectivity index (χ1v) is 9.99. The standard InChI is InChI=1S/C20H42O.H2O/c1-3-5-7-9-11-12-13-15-17-19-20(21)18-16-14-10-8-6-4-2;/h20-21H,3-19H2,1-2H3;1H2. The van der Waals surface area contributed by atoms with Crippen molar-refractivity contribution in [1.29, 1.82) is 0 Å². The first-order valence-electron chi connectivity index (χ1n) is 9.99. The predicted octanol–water partition coefficient (Wildman–Crippen LogP) is 6.19. The highest BCUT2D eigenvalue weighted by Crippen LogP contribution is 2.14. The number of aliphatic hydroxyl groups excluding tert-OH is 1. The van der Waals surface area contributed by atoms with E-state index in [0.717, 1.165) is 12.8 Å². The molecule has 1 unspecified atom stereocenters. The third-order valence-electron chi connectivity index (χ3n) is 4.53. The fourth-order valence-electron chi connectivity index (χ4n) is 3.00. The lowest BCUT2D eigenvalue weighted by atomic mass is 10.0. The van der Waals surface area contributed by atoms with E-state index in [0.29, 0.717) is 0 Å². The zero-order chi connectivity index (χ0) is 15.6. The Balaban J connectivity index is 0. The first kappa shape index (κ1) is 24.2. The summed E-state index contributed by atoms with van der Waals surface area (Å²) in [5.74, 6) is 0. The van der Waals surface area contributed by atoms with Gasteiger partial charge in [0.2, 0.25) is 0 Å². The molecule has 0 aromatic rings. The van der Waals surface area contributed by atoms with Gasteiger partial charge in [-0.1, -0.05) is 110 Å². The van der Waals surface area contributed by atoms with Crippen molar-refractivity contribution in [1.82, 2.24) is 0 Å². The molecule has 136 valence electrons. The zero-order valence-electron chi connectivity index (χ0n) is 15.5. The molecular weight excluding hydrogens is 272 g/mol. The van der Waals surface area contributed by atoms with E-state index in [2.05, 4.69) is 13.8 Å². The summed E-state index contributed by atoms with van der Waals surface area (Å²) in [5, 5.41) is 9.95. The molecule has 2 nitrogen and oxygen atoms in total. The fourth-order valence-corrected chi connectivity index (χ4v) is 3.00. The molecule has 0 aliphatic carbocycles. The Kier molecular flexibility index (Phi) is 23.0. The minimum absolute atomic E-state index is 0. The molecule has 0 radical (unpaired) electrons. The maximum atomic E-state index is 9.95. The van der Waals surface area contributed by atoms with Crippen molar-refractivity contribution in [3.05, 3.63) is 0 Å². The van der Waals surface area contributed by atoms with E-state index in [4.69, 9.17) is 0 Å². The van der Waals surface area contributed by atoms with Gasteiger partial charge >= 0.3 is 0 Å². The summed E-state index contributed by atoms with van der Waals surface area (Å²) in [4.78, 5) is 0. The zero-order valence-corrected chi connectivity index (χ0v) is 15.5. The van der Waals surface area contributed by atoms with E-state index in [9.17, 15) is 5.11 Å². The average molecular weight is 317 g/mol. The fraction of sp³-hybridized carbons (Fsp3) is 1.00. The maximum absolute atomic E-state index is 9.95. The summed E-state index contributed by atoms with van der Waals surface area (Å²) in [6.45, 7) is 4.53. The topological polar surface area (TPSA) is 51.7 Å². The van der Waals surface area contributed by atoms with E-state index in [1.807, 2.05) is 0 Å².